The molecule has 3 heteroatoms. The van der Waals surface area contributed by atoms with Crippen LogP contribution in [0.1, 0.15) is 40.0 Å². The van der Waals surface area contributed by atoms with Crippen LogP contribution >= 0.6 is 0 Å². The van der Waals surface area contributed by atoms with Crippen LogP contribution in [0.25, 0.3) is 0 Å². The Kier molecular flexibility index (Phi) is 6.41. The summed E-state index contributed by atoms with van der Waals surface area (Å²) >= 11 is 0. The summed E-state index contributed by atoms with van der Waals surface area (Å²) in [6.45, 7) is 15.1. The smallest absolute Gasteiger partial charge is 0.222 e. The van der Waals surface area contributed by atoms with Gasteiger partial charge in [0.1, 0.15) is 0 Å². The number of piperazine rings is 1. The van der Waals surface area contributed by atoms with Gasteiger partial charge in [0.2, 0.25) is 5.91 Å². The number of hydrogen-bond acceptors (Lipinski definition) is 2. The van der Waals surface area contributed by atoms with Crippen molar-refractivity contribution in [1.29, 1.82) is 0 Å². The summed E-state index contributed by atoms with van der Waals surface area (Å²) in [5.74, 6) is 1.04. The fraction of sp³-hybridized carbons (Fsp3) is 0.800. The highest BCUT2D eigenvalue weighted by Gasteiger charge is 2.20. The first-order valence-electron chi connectivity index (χ1n) is 7.13. The average molecular weight is 252 g/mol. The first-order valence-corrected chi connectivity index (χ1v) is 7.13. The fourth-order valence-electron chi connectivity index (χ4n) is 2.36. The molecule has 0 N–H and O–H groups in total. The Morgan fingerprint density at radius 2 is 1.83 bits per heavy atom. The molecule has 0 atom stereocenters. The molecule has 104 valence electrons. The Morgan fingerprint density at radius 1 is 1.22 bits per heavy atom. The molecular formula is C15H28N2O. The van der Waals surface area contributed by atoms with Crippen LogP contribution in [0.5, 0.6) is 0 Å². The lowest BCUT2D eigenvalue weighted by Gasteiger charge is -2.35. The molecule has 1 aliphatic rings. The summed E-state index contributed by atoms with van der Waals surface area (Å²) in [6, 6.07) is 0. The lowest BCUT2D eigenvalue weighted by atomic mass is 10.1. The van der Waals surface area contributed by atoms with Crippen molar-refractivity contribution in [2.24, 2.45) is 5.92 Å². The minimum atomic E-state index is 0.339. The van der Waals surface area contributed by atoms with Gasteiger partial charge in [-0.25, -0.2) is 0 Å². The Bertz CT molecular complexity index is 278. The van der Waals surface area contributed by atoms with Crippen molar-refractivity contribution in [2.45, 2.75) is 40.0 Å². The molecule has 3 nitrogen and oxygen atoms in total. The normalized spacial score (nSPS) is 17.2. The summed E-state index contributed by atoms with van der Waals surface area (Å²) in [7, 11) is 0. The minimum Gasteiger partial charge on any atom is -0.340 e. The van der Waals surface area contributed by atoms with Crippen molar-refractivity contribution < 1.29 is 4.79 Å². The lowest BCUT2D eigenvalue weighted by molar-refractivity contribution is -0.133. The van der Waals surface area contributed by atoms with Crippen LogP contribution in [-0.2, 0) is 4.79 Å². The van der Waals surface area contributed by atoms with E-state index >= 15 is 0 Å². The van der Waals surface area contributed by atoms with Gasteiger partial charge in [0.05, 0.1) is 0 Å². The standard InChI is InChI=1S/C15H28N2O/c1-13(2)6-5-7-15(18)17-10-8-16(9-11-17)12-14(3)4/h13H,3,5-12H2,1-2,4H3. The monoisotopic (exact) mass is 252 g/mol. The summed E-state index contributed by atoms with van der Waals surface area (Å²) in [5, 5.41) is 0. The van der Waals surface area contributed by atoms with Gasteiger partial charge in [-0.15, -0.1) is 0 Å². The van der Waals surface area contributed by atoms with E-state index in [1.165, 1.54) is 5.57 Å². The maximum atomic E-state index is 12.0. The van der Waals surface area contributed by atoms with Gasteiger partial charge in [0.15, 0.2) is 0 Å². The summed E-state index contributed by atoms with van der Waals surface area (Å²) in [4.78, 5) is 16.4. The molecule has 0 bridgehead atoms. The number of nitrogens with zero attached hydrogens (tertiary/aromatic N) is 2. The predicted octanol–water partition coefficient (Wildman–Crippen LogP) is 2.53. The molecule has 0 aliphatic carbocycles. The number of amides is 1. The molecule has 1 rings (SSSR count). The van der Waals surface area contributed by atoms with Crippen molar-refractivity contribution in [3.05, 3.63) is 12.2 Å². The van der Waals surface area contributed by atoms with Gasteiger partial charge in [0.25, 0.3) is 0 Å². The molecule has 1 heterocycles. The zero-order valence-corrected chi connectivity index (χ0v) is 12.2. The van der Waals surface area contributed by atoms with Crippen molar-refractivity contribution in [1.82, 2.24) is 9.80 Å². The van der Waals surface area contributed by atoms with E-state index in [0.29, 0.717) is 11.8 Å². The third-order valence-corrected chi connectivity index (χ3v) is 3.39. The molecule has 0 aromatic heterocycles. The highest BCUT2D eigenvalue weighted by atomic mass is 16.2. The second-order valence-electron chi connectivity index (χ2n) is 5.90. The number of rotatable bonds is 6. The highest BCUT2D eigenvalue weighted by molar-refractivity contribution is 5.76. The Labute approximate surface area is 112 Å². The molecule has 1 saturated heterocycles. The Morgan fingerprint density at radius 3 is 2.33 bits per heavy atom. The minimum absolute atomic E-state index is 0.339. The third kappa shape index (κ3) is 5.67. The molecule has 1 amide bonds. The molecule has 18 heavy (non-hydrogen) atoms. The van der Waals surface area contributed by atoms with Gasteiger partial charge >= 0.3 is 0 Å². The van der Waals surface area contributed by atoms with Gasteiger partial charge in [-0.1, -0.05) is 32.4 Å². The summed E-state index contributed by atoms with van der Waals surface area (Å²) in [6.07, 6.45) is 2.91. The van der Waals surface area contributed by atoms with Gasteiger partial charge in [-0.05, 0) is 19.3 Å². The van der Waals surface area contributed by atoms with E-state index in [4.69, 9.17) is 0 Å². The Balaban J connectivity index is 2.21. The van der Waals surface area contributed by atoms with Crippen molar-refractivity contribution in [2.75, 3.05) is 32.7 Å². The molecule has 0 spiro atoms. The van der Waals surface area contributed by atoms with Crippen LogP contribution in [-0.4, -0.2) is 48.4 Å². The fourth-order valence-corrected chi connectivity index (χ4v) is 2.36. The molecule has 0 aromatic carbocycles. The topological polar surface area (TPSA) is 23.6 Å². The van der Waals surface area contributed by atoms with E-state index in [1.54, 1.807) is 0 Å². The maximum Gasteiger partial charge on any atom is 0.222 e. The predicted molar refractivity (Wildman–Crippen MR) is 76.5 cm³/mol. The van der Waals surface area contributed by atoms with E-state index < -0.39 is 0 Å². The molecule has 1 fully saturated rings. The van der Waals surface area contributed by atoms with Crippen LogP contribution in [0.2, 0.25) is 0 Å². The first kappa shape index (κ1) is 15.2. The van der Waals surface area contributed by atoms with Gasteiger partial charge < -0.3 is 4.90 Å². The van der Waals surface area contributed by atoms with Crippen LogP contribution in [0, 0.1) is 5.92 Å². The SMILES string of the molecule is C=C(C)CN1CCN(C(=O)CCCC(C)C)CC1. The van der Waals surface area contributed by atoms with E-state index in [1.807, 2.05) is 4.90 Å². The average Bonchev–Trinajstić information content (AvgIpc) is 2.28. The second kappa shape index (κ2) is 7.57. The number of hydrogen-bond donors (Lipinski definition) is 0. The van der Waals surface area contributed by atoms with Gasteiger partial charge in [-0.3, -0.25) is 9.69 Å². The Hall–Kier alpha value is -0.830. The van der Waals surface area contributed by atoms with E-state index in [9.17, 15) is 4.79 Å². The lowest BCUT2D eigenvalue weighted by Crippen LogP contribution is -2.48. The number of carbonyl (C=O) groups is 1. The third-order valence-electron chi connectivity index (χ3n) is 3.39. The van der Waals surface area contributed by atoms with Crippen LogP contribution in [0.15, 0.2) is 12.2 Å². The maximum absolute atomic E-state index is 12.0. The molecule has 1 aliphatic heterocycles. The van der Waals surface area contributed by atoms with Crippen molar-refractivity contribution in [3.63, 3.8) is 0 Å². The molecular weight excluding hydrogens is 224 g/mol. The summed E-state index contributed by atoms with van der Waals surface area (Å²) in [5.41, 5.74) is 1.20. The largest absolute Gasteiger partial charge is 0.340 e. The first-order chi connectivity index (χ1) is 8.49. The highest BCUT2D eigenvalue weighted by Crippen LogP contribution is 2.10. The van der Waals surface area contributed by atoms with Gasteiger partial charge in [-0.2, -0.15) is 0 Å². The number of carbonyl (C=O) groups excluding carboxylic acids is 1. The molecule has 0 aromatic rings. The van der Waals surface area contributed by atoms with Crippen LogP contribution in [0.3, 0.4) is 0 Å². The van der Waals surface area contributed by atoms with Crippen molar-refractivity contribution in [3.8, 4) is 0 Å². The molecule has 0 saturated carbocycles. The van der Waals surface area contributed by atoms with E-state index in [-0.39, 0.29) is 0 Å². The second-order valence-corrected chi connectivity index (χ2v) is 5.90. The van der Waals surface area contributed by atoms with Gasteiger partial charge in [0, 0.05) is 39.1 Å². The zero-order chi connectivity index (χ0) is 13.5. The summed E-state index contributed by atoms with van der Waals surface area (Å²) < 4.78 is 0. The van der Waals surface area contributed by atoms with E-state index in [0.717, 1.165) is 52.0 Å². The molecule has 0 unspecified atom stereocenters. The quantitative estimate of drug-likeness (QED) is 0.678. The van der Waals surface area contributed by atoms with Crippen molar-refractivity contribution >= 4 is 5.91 Å². The van der Waals surface area contributed by atoms with Crippen LogP contribution < -0.4 is 0 Å². The molecule has 0 radical (unpaired) electrons. The van der Waals surface area contributed by atoms with Crippen LogP contribution in [0.4, 0.5) is 0 Å². The zero-order valence-electron chi connectivity index (χ0n) is 12.2. The van der Waals surface area contributed by atoms with E-state index in [2.05, 4.69) is 32.3 Å².